The van der Waals surface area contributed by atoms with Crippen LogP contribution in [-0.4, -0.2) is 5.91 Å². The van der Waals surface area contributed by atoms with E-state index in [0.29, 0.717) is 21.7 Å². The summed E-state index contributed by atoms with van der Waals surface area (Å²) in [6.07, 6.45) is -5.68. The summed E-state index contributed by atoms with van der Waals surface area (Å²) in [6.45, 7) is 1.50. The summed E-state index contributed by atoms with van der Waals surface area (Å²) in [5.74, 6) is -11.3. The molecule has 0 bridgehead atoms. The Kier molecular flexibility index (Phi) is 6.00. The van der Waals surface area contributed by atoms with Crippen molar-refractivity contribution >= 4 is 23.2 Å². The molecule has 3 aromatic rings. The number of benzene rings is 3. The van der Waals surface area contributed by atoms with Crippen LogP contribution in [0, 0.1) is 30.2 Å². The van der Waals surface area contributed by atoms with Crippen molar-refractivity contribution in [2.24, 2.45) is 0 Å². The summed E-state index contributed by atoms with van der Waals surface area (Å²) in [4.78, 5) is 12.8. The van der Waals surface area contributed by atoms with Crippen LogP contribution in [0.5, 0.6) is 0 Å². The number of amides is 1. The molecule has 0 atom stereocenters. The smallest absolute Gasteiger partial charge is 0.317 e. The third kappa shape index (κ3) is 4.23. The second kappa shape index (κ2) is 8.22. The Morgan fingerprint density at radius 2 is 1.42 bits per heavy atom. The van der Waals surface area contributed by atoms with E-state index >= 15 is 0 Å². The number of hydrogen-bond donors (Lipinski definition) is 1. The molecule has 1 N–H and O–H groups in total. The minimum absolute atomic E-state index is 0.107. The second-order valence-corrected chi connectivity index (χ2v) is 6.90. The van der Waals surface area contributed by atoms with Crippen molar-refractivity contribution in [2.45, 2.75) is 13.1 Å². The first kappa shape index (κ1) is 22.6. The Morgan fingerprint density at radius 1 is 0.871 bits per heavy atom. The molecular formula is C21H11ClF7NO. The third-order valence-electron chi connectivity index (χ3n) is 4.44. The van der Waals surface area contributed by atoms with Gasteiger partial charge < -0.3 is 5.32 Å². The van der Waals surface area contributed by atoms with E-state index in [1.54, 1.807) is 23.5 Å². The predicted octanol–water partition coefficient (Wildman–Crippen LogP) is 7.14. The molecule has 3 rings (SSSR count). The Morgan fingerprint density at radius 3 is 1.94 bits per heavy atom. The highest BCUT2D eigenvalue weighted by atomic mass is 35.5. The molecule has 0 aliphatic rings. The molecule has 3 aromatic carbocycles. The van der Waals surface area contributed by atoms with E-state index in [0.717, 1.165) is 0 Å². The van der Waals surface area contributed by atoms with Crippen LogP contribution in [0.2, 0.25) is 5.02 Å². The number of aryl methyl sites for hydroxylation is 1. The molecule has 0 fully saturated rings. The SMILES string of the molecule is Cc1cccc(-c2ccc(Cl)cc2)c1C(=O)Nc1c(F)c(F)c(C(F)(F)F)c(F)c1F. The normalized spacial score (nSPS) is 11.5. The van der Waals surface area contributed by atoms with Crippen molar-refractivity contribution in [3.8, 4) is 11.1 Å². The van der Waals surface area contributed by atoms with Gasteiger partial charge in [-0.2, -0.15) is 13.2 Å². The van der Waals surface area contributed by atoms with E-state index in [-0.39, 0.29) is 5.56 Å². The number of rotatable bonds is 3. The number of carbonyl (C=O) groups is 1. The first-order valence-corrected chi connectivity index (χ1v) is 8.91. The monoisotopic (exact) mass is 461 g/mol. The van der Waals surface area contributed by atoms with E-state index in [1.165, 1.54) is 31.2 Å². The molecule has 0 aromatic heterocycles. The Labute approximate surface area is 176 Å². The topological polar surface area (TPSA) is 29.1 Å². The molecule has 31 heavy (non-hydrogen) atoms. The van der Waals surface area contributed by atoms with Crippen LogP contribution in [0.1, 0.15) is 21.5 Å². The van der Waals surface area contributed by atoms with Crippen LogP contribution in [0.15, 0.2) is 42.5 Å². The number of anilines is 1. The van der Waals surface area contributed by atoms with Crippen molar-refractivity contribution in [2.75, 3.05) is 5.32 Å². The average Bonchev–Trinajstić information content (AvgIpc) is 2.69. The third-order valence-corrected chi connectivity index (χ3v) is 4.69. The molecule has 0 heterocycles. The summed E-state index contributed by atoms with van der Waals surface area (Å²) < 4.78 is 94.3. The first-order chi connectivity index (χ1) is 14.4. The quantitative estimate of drug-likeness (QED) is 0.326. The molecule has 0 aliphatic heterocycles. The number of alkyl halides is 3. The fraction of sp³-hybridized carbons (Fsp3) is 0.0952. The molecule has 0 spiro atoms. The van der Waals surface area contributed by atoms with Gasteiger partial charge in [-0.25, -0.2) is 17.6 Å². The van der Waals surface area contributed by atoms with E-state index in [4.69, 9.17) is 11.6 Å². The summed E-state index contributed by atoms with van der Waals surface area (Å²) >= 11 is 5.84. The fourth-order valence-electron chi connectivity index (χ4n) is 3.01. The van der Waals surface area contributed by atoms with Crippen molar-refractivity contribution in [3.05, 3.63) is 87.4 Å². The van der Waals surface area contributed by atoms with E-state index in [1.807, 2.05) is 0 Å². The number of nitrogens with one attached hydrogen (secondary N) is 1. The van der Waals surface area contributed by atoms with Gasteiger partial charge in [0, 0.05) is 5.02 Å². The molecule has 10 heteroatoms. The van der Waals surface area contributed by atoms with E-state index in [2.05, 4.69) is 0 Å². The van der Waals surface area contributed by atoms with E-state index in [9.17, 15) is 35.5 Å². The van der Waals surface area contributed by atoms with Gasteiger partial charge in [0.15, 0.2) is 23.3 Å². The van der Waals surface area contributed by atoms with Crippen molar-refractivity contribution in [1.29, 1.82) is 0 Å². The molecule has 1 amide bonds. The molecule has 2 nitrogen and oxygen atoms in total. The fourth-order valence-corrected chi connectivity index (χ4v) is 3.13. The molecule has 0 saturated carbocycles. The van der Waals surface area contributed by atoms with Gasteiger partial charge in [-0.05, 0) is 35.7 Å². The van der Waals surface area contributed by atoms with Crippen molar-refractivity contribution in [3.63, 3.8) is 0 Å². The standard InChI is InChI=1S/C21H11ClF7NO/c1-9-3-2-4-12(10-5-7-11(22)8-6-10)13(9)20(31)30-19-17(25)15(23)14(21(27,28)29)16(24)18(19)26/h2-8H,1H3,(H,30,31). The molecule has 0 aliphatic carbocycles. The van der Waals surface area contributed by atoms with Gasteiger partial charge in [-0.1, -0.05) is 41.9 Å². The largest absolute Gasteiger partial charge is 0.422 e. The number of hydrogen-bond acceptors (Lipinski definition) is 1. The molecule has 0 saturated heterocycles. The lowest BCUT2D eigenvalue weighted by molar-refractivity contribution is -0.143. The highest BCUT2D eigenvalue weighted by Crippen LogP contribution is 2.39. The van der Waals surface area contributed by atoms with Gasteiger partial charge in [-0.15, -0.1) is 0 Å². The Bertz CT molecular complexity index is 1140. The minimum Gasteiger partial charge on any atom is -0.317 e. The van der Waals surface area contributed by atoms with Crippen LogP contribution in [0.4, 0.5) is 36.4 Å². The lowest BCUT2D eigenvalue weighted by atomic mass is 9.95. The van der Waals surface area contributed by atoms with Crippen molar-refractivity contribution in [1.82, 2.24) is 0 Å². The van der Waals surface area contributed by atoms with Gasteiger partial charge in [0.1, 0.15) is 11.3 Å². The lowest BCUT2D eigenvalue weighted by Crippen LogP contribution is -2.21. The molecule has 0 radical (unpaired) electrons. The maximum absolute atomic E-state index is 14.2. The van der Waals surface area contributed by atoms with Gasteiger partial charge in [0.25, 0.3) is 5.91 Å². The molecule has 0 unspecified atom stereocenters. The van der Waals surface area contributed by atoms with Gasteiger partial charge in [0.2, 0.25) is 0 Å². The molecule has 162 valence electrons. The van der Waals surface area contributed by atoms with Crippen LogP contribution in [-0.2, 0) is 6.18 Å². The summed E-state index contributed by atoms with van der Waals surface area (Å²) in [7, 11) is 0. The van der Waals surface area contributed by atoms with E-state index < -0.39 is 46.6 Å². The van der Waals surface area contributed by atoms with Gasteiger partial charge in [-0.3, -0.25) is 4.79 Å². The average molecular weight is 462 g/mol. The summed E-state index contributed by atoms with van der Waals surface area (Å²) in [5, 5.41) is 2.06. The lowest BCUT2D eigenvalue weighted by Gasteiger charge is -2.16. The van der Waals surface area contributed by atoms with Crippen LogP contribution < -0.4 is 5.32 Å². The maximum atomic E-state index is 14.2. The predicted molar refractivity (Wildman–Crippen MR) is 101 cm³/mol. The summed E-state index contributed by atoms with van der Waals surface area (Å²) in [5.41, 5.74) is -3.38. The zero-order chi connectivity index (χ0) is 23.1. The summed E-state index contributed by atoms with van der Waals surface area (Å²) in [6, 6.07) is 10.8. The molecular weight excluding hydrogens is 451 g/mol. The van der Waals surface area contributed by atoms with Crippen molar-refractivity contribution < 1.29 is 35.5 Å². The second-order valence-electron chi connectivity index (χ2n) is 6.46. The minimum atomic E-state index is -5.68. The first-order valence-electron chi connectivity index (χ1n) is 8.53. The highest BCUT2D eigenvalue weighted by Gasteiger charge is 2.42. The van der Waals surface area contributed by atoms with Crippen LogP contribution in [0.3, 0.4) is 0 Å². The Hall–Kier alpha value is -3.07. The number of carbonyl (C=O) groups excluding carboxylic acids is 1. The zero-order valence-electron chi connectivity index (χ0n) is 15.5. The maximum Gasteiger partial charge on any atom is 0.422 e. The number of halogens is 8. The van der Waals surface area contributed by atoms with Gasteiger partial charge in [0.05, 0.1) is 5.56 Å². The highest BCUT2D eigenvalue weighted by molar-refractivity contribution is 6.30. The van der Waals surface area contributed by atoms with Crippen LogP contribution >= 0.6 is 11.6 Å². The Balaban J connectivity index is 2.11. The zero-order valence-corrected chi connectivity index (χ0v) is 16.2. The van der Waals surface area contributed by atoms with Gasteiger partial charge >= 0.3 is 6.18 Å². The van der Waals surface area contributed by atoms with Crippen LogP contribution in [0.25, 0.3) is 11.1 Å².